The van der Waals surface area contributed by atoms with E-state index in [0.29, 0.717) is 43.3 Å². The Morgan fingerprint density at radius 3 is 2.59 bits per heavy atom. The number of amides is 2. The molecular formula is C27H32N4O3. The zero-order valence-corrected chi connectivity index (χ0v) is 19.8. The molecule has 2 aliphatic heterocycles. The summed E-state index contributed by atoms with van der Waals surface area (Å²) in [6, 6.07) is 11.4. The van der Waals surface area contributed by atoms with Crippen molar-refractivity contribution in [2.24, 2.45) is 5.92 Å². The van der Waals surface area contributed by atoms with Crippen LogP contribution >= 0.6 is 0 Å². The van der Waals surface area contributed by atoms with Crippen LogP contribution in [-0.4, -0.2) is 57.2 Å². The highest BCUT2D eigenvalue weighted by Gasteiger charge is 2.27. The van der Waals surface area contributed by atoms with E-state index in [0.717, 1.165) is 50.1 Å². The smallest absolute Gasteiger partial charge is 0.253 e. The van der Waals surface area contributed by atoms with Gasteiger partial charge in [-0.2, -0.15) is 0 Å². The van der Waals surface area contributed by atoms with Crippen LogP contribution < -0.4 is 4.74 Å². The van der Waals surface area contributed by atoms with Gasteiger partial charge in [-0.05, 0) is 68.4 Å². The lowest BCUT2D eigenvalue weighted by atomic mass is 9.92. The fraction of sp³-hybridized carbons (Fsp3) is 0.444. The van der Waals surface area contributed by atoms with Crippen molar-refractivity contribution in [1.29, 1.82) is 0 Å². The number of piperidine rings is 1. The monoisotopic (exact) mass is 460 g/mol. The number of rotatable bonds is 6. The van der Waals surface area contributed by atoms with Crippen LogP contribution in [0.15, 0.2) is 48.8 Å². The van der Waals surface area contributed by atoms with Gasteiger partial charge in [-0.1, -0.05) is 12.1 Å². The highest BCUT2D eigenvalue weighted by Crippen LogP contribution is 2.25. The maximum absolute atomic E-state index is 13.1. The summed E-state index contributed by atoms with van der Waals surface area (Å²) >= 11 is 0. The minimum Gasteiger partial charge on any atom is -0.487 e. The molecular weight excluding hydrogens is 428 g/mol. The molecule has 4 heterocycles. The topological polar surface area (TPSA) is 67.2 Å². The number of hydrogen-bond acceptors (Lipinski definition) is 4. The maximum Gasteiger partial charge on any atom is 0.253 e. The first-order chi connectivity index (χ1) is 16.5. The number of pyridine rings is 1. The molecule has 2 fully saturated rings. The molecule has 0 N–H and O–H groups in total. The molecule has 0 aliphatic carbocycles. The third kappa shape index (κ3) is 5.08. The predicted octanol–water partition coefficient (Wildman–Crippen LogP) is 4.09. The van der Waals surface area contributed by atoms with Crippen LogP contribution in [0.4, 0.5) is 0 Å². The number of nitrogens with zero attached hydrogens (tertiary/aromatic N) is 4. The molecule has 1 aromatic carbocycles. The van der Waals surface area contributed by atoms with Crippen LogP contribution in [0.1, 0.15) is 53.7 Å². The first-order valence-corrected chi connectivity index (χ1v) is 12.3. The lowest BCUT2D eigenvalue weighted by Gasteiger charge is -2.32. The fourth-order valence-electron chi connectivity index (χ4n) is 4.97. The van der Waals surface area contributed by atoms with Crippen LogP contribution in [-0.2, 0) is 11.4 Å². The average Bonchev–Trinajstić information content (AvgIpc) is 3.53. The second kappa shape index (κ2) is 9.87. The zero-order chi connectivity index (χ0) is 23.5. The van der Waals surface area contributed by atoms with Gasteiger partial charge in [0.25, 0.3) is 5.91 Å². The molecule has 0 bridgehead atoms. The third-order valence-electron chi connectivity index (χ3n) is 6.94. The second-order valence-corrected chi connectivity index (χ2v) is 9.55. The minimum atomic E-state index is 0.0259. The molecule has 178 valence electrons. The number of likely N-dealkylation sites (tertiary alicyclic amines) is 2. The summed E-state index contributed by atoms with van der Waals surface area (Å²) in [4.78, 5) is 34.0. The first kappa shape index (κ1) is 22.4. The summed E-state index contributed by atoms with van der Waals surface area (Å²) in [5.74, 6) is 1.34. The number of aromatic nitrogens is 2. The van der Waals surface area contributed by atoms with Gasteiger partial charge in [-0.15, -0.1) is 0 Å². The van der Waals surface area contributed by atoms with Gasteiger partial charge in [0.2, 0.25) is 5.91 Å². The minimum absolute atomic E-state index is 0.0259. The van der Waals surface area contributed by atoms with Crippen molar-refractivity contribution in [2.45, 2.75) is 45.6 Å². The molecule has 0 atom stereocenters. The Balaban J connectivity index is 1.14. The van der Waals surface area contributed by atoms with Crippen molar-refractivity contribution in [3.05, 3.63) is 65.6 Å². The van der Waals surface area contributed by atoms with E-state index < -0.39 is 0 Å². The number of fused-ring (bicyclic) bond motifs is 1. The Kier molecular flexibility index (Phi) is 6.52. The fourth-order valence-corrected chi connectivity index (χ4v) is 4.97. The molecule has 0 spiro atoms. The first-order valence-electron chi connectivity index (χ1n) is 12.3. The summed E-state index contributed by atoms with van der Waals surface area (Å²) in [5, 5.41) is 0. The van der Waals surface area contributed by atoms with Crippen molar-refractivity contribution in [1.82, 2.24) is 19.2 Å². The Labute approximate surface area is 200 Å². The Hall–Kier alpha value is -3.35. The maximum atomic E-state index is 13.1. The number of carbonyl (C=O) groups excluding carboxylic acids is 2. The SMILES string of the molecule is Cc1ccc2nc(COc3cccc(C(=O)N4CCC(CC(=O)N5CCCC5)CC4)c3)cn2c1. The zero-order valence-electron chi connectivity index (χ0n) is 19.8. The van der Waals surface area contributed by atoms with Gasteiger partial charge in [0.15, 0.2) is 0 Å². The van der Waals surface area contributed by atoms with E-state index in [-0.39, 0.29) is 11.8 Å². The predicted molar refractivity (Wildman–Crippen MR) is 130 cm³/mol. The Morgan fingerprint density at radius 2 is 1.79 bits per heavy atom. The molecule has 2 saturated heterocycles. The molecule has 2 aromatic heterocycles. The quantitative estimate of drug-likeness (QED) is 0.556. The molecule has 34 heavy (non-hydrogen) atoms. The molecule has 7 nitrogen and oxygen atoms in total. The molecule has 0 radical (unpaired) electrons. The van der Waals surface area contributed by atoms with Crippen LogP contribution in [0.25, 0.3) is 5.65 Å². The largest absolute Gasteiger partial charge is 0.487 e. The van der Waals surface area contributed by atoms with Crippen molar-refractivity contribution >= 4 is 17.5 Å². The van der Waals surface area contributed by atoms with Gasteiger partial charge in [0.05, 0.1) is 5.69 Å². The van der Waals surface area contributed by atoms with Gasteiger partial charge >= 0.3 is 0 Å². The van der Waals surface area contributed by atoms with Crippen LogP contribution in [0.2, 0.25) is 0 Å². The van der Waals surface area contributed by atoms with Crippen LogP contribution in [0, 0.1) is 12.8 Å². The third-order valence-corrected chi connectivity index (χ3v) is 6.94. The van der Waals surface area contributed by atoms with Gasteiger partial charge in [0.1, 0.15) is 18.0 Å². The average molecular weight is 461 g/mol. The lowest BCUT2D eigenvalue weighted by Crippen LogP contribution is -2.40. The van der Waals surface area contributed by atoms with Gasteiger partial charge in [-0.25, -0.2) is 4.98 Å². The number of imidazole rings is 1. The van der Waals surface area contributed by atoms with Gasteiger partial charge in [0, 0.05) is 50.6 Å². The molecule has 2 amide bonds. The van der Waals surface area contributed by atoms with E-state index in [4.69, 9.17) is 4.74 Å². The Bertz CT molecular complexity index is 1170. The number of hydrogen-bond donors (Lipinski definition) is 0. The summed E-state index contributed by atoms with van der Waals surface area (Å²) in [6.07, 6.45) is 8.64. The number of ether oxygens (including phenoxy) is 1. The number of carbonyl (C=O) groups is 2. The summed E-state index contributed by atoms with van der Waals surface area (Å²) < 4.78 is 7.95. The van der Waals surface area contributed by atoms with Crippen molar-refractivity contribution < 1.29 is 14.3 Å². The number of benzene rings is 1. The van der Waals surface area contributed by atoms with Gasteiger partial charge in [-0.3, -0.25) is 9.59 Å². The molecule has 0 unspecified atom stereocenters. The van der Waals surface area contributed by atoms with Crippen LogP contribution in [0.3, 0.4) is 0 Å². The standard InChI is InChI=1S/C27H32N4O3/c1-20-7-8-25-28-23(18-31(25)17-20)19-34-24-6-4-5-22(16-24)27(33)30-13-9-21(10-14-30)15-26(32)29-11-2-3-12-29/h4-8,16-18,21H,2-3,9-15,19H2,1H3. The van der Waals surface area contributed by atoms with E-state index in [1.54, 1.807) is 0 Å². The van der Waals surface area contributed by atoms with Crippen molar-refractivity contribution in [3.8, 4) is 5.75 Å². The molecule has 2 aliphatic rings. The second-order valence-electron chi connectivity index (χ2n) is 9.55. The lowest BCUT2D eigenvalue weighted by molar-refractivity contribution is -0.131. The van der Waals surface area contributed by atoms with E-state index in [9.17, 15) is 9.59 Å². The highest BCUT2D eigenvalue weighted by atomic mass is 16.5. The van der Waals surface area contributed by atoms with E-state index >= 15 is 0 Å². The highest BCUT2D eigenvalue weighted by molar-refractivity contribution is 5.94. The normalized spacial score (nSPS) is 16.9. The Morgan fingerprint density at radius 1 is 1.00 bits per heavy atom. The molecule has 3 aromatic rings. The van der Waals surface area contributed by atoms with E-state index in [1.165, 1.54) is 5.56 Å². The molecule has 7 heteroatoms. The summed E-state index contributed by atoms with van der Waals surface area (Å²) in [7, 11) is 0. The van der Waals surface area contributed by atoms with E-state index in [2.05, 4.69) is 11.9 Å². The summed E-state index contributed by atoms with van der Waals surface area (Å²) in [6.45, 7) is 5.60. The van der Waals surface area contributed by atoms with E-state index in [1.807, 2.05) is 63.0 Å². The van der Waals surface area contributed by atoms with Gasteiger partial charge < -0.3 is 18.9 Å². The van der Waals surface area contributed by atoms with Crippen LogP contribution in [0.5, 0.6) is 5.75 Å². The number of aryl methyl sites for hydroxylation is 1. The van der Waals surface area contributed by atoms with Crippen molar-refractivity contribution in [2.75, 3.05) is 26.2 Å². The molecule has 5 rings (SSSR count). The van der Waals surface area contributed by atoms with Crippen molar-refractivity contribution in [3.63, 3.8) is 0 Å². The molecule has 0 saturated carbocycles. The summed E-state index contributed by atoms with van der Waals surface area (Å²) in [5.41, 5.74) is 3.53.